The zero-order valence-corrected chi connectivity index (χ0v) is 21.3. The van der Waals surface area contributed by atoms with Crippen molar-refractivity contribution in [1.82, 2.24) is 5.32 Å². The first-order chi connectivity index (χ1) is 17.7. The lowest BCUT2D eigenvalue weighted by molar-refractivity contribution is 0.0759. The third-order valence-corrected chi connectivity index (χ3v) is 6.59. The highest BCUT2D eigenvalue weighted by molar-refractivity contribution is 7.99. The molecule has 0 unspecified atom stereocenters. The number of carbonyl (C=O) groups excluding carboxylic acids is 1. The zero-order valence-electron chi connectivity index (χ0n) is 20.5. The average molecular weight is 500 g/mol. The maximum absolute atomic E-state index is 12.2. The summed E-state index contributed by atoms with van der Waals surface area (Å²) in [5.74, 6) is 6.41. The Balaban J connectivity index is 1.39. The Morgan fingerprint density at radius 1 is 1.03 bits per heavy atom. The van der Waals surface area contributed by atoms with Crippen LogP contribution in [0.15, 0.2) is 81.5 Å². The highest BCUT2D eigenvalue weighted by atomic mass is 32.2. The van der Waals surface area contributed by atoms with Gasteiger partial charge in [-0.25, -0.2) is 0 Å². The van der Waals surface area contributed by atoms with E-state index in [4.69, 9.17) is 9.47 Å². The molecule has 0 atom stereocenters. The van der Waals surface area contributed by atoms with E-state index in [9.17, 15) is 4.79 Å². The minimum absolute atomic E-state index is 0.0881. The number of amides is 1. The summed E-state index contributed by atoms with van der Waals surface area (Å²) < 4.78 is 10.5. The average Bonchev–Trinajstić information content (AvgIpc) is 3.32. The third-order valence-electron chi connectivity index (χ3n) is 5.52. The number of methoxy groups -OCH3 is 1. The Morgan fingerprint density at radius 2 is 1.92 bits per heavy atom. The number of anilines is 1. The molecule has 1 aliphatic rings. The molecule has 1 aliphatic heterocycles. The summed E-state index contributed by atoms with van der Waals surface area (Å²) in [6.07, 6.45) is 0. The molecule has 0 saturated carbocycles. The van der Waals surface area contributed by atoms with Gasteiger partial charge in [0.1, 0.15) is 5.71 Å². The van der Waals surface area contributed by atoms with Crippen LogP contribution in [-0.4, -0.2) is 52.1 Å². The molecule has 1 heterocycles. The van der Waals surface area contributed by atoms with Gasteiger partial charge in [-0.05, 0) is 53.9 Å². The van der Waals surface area contributed by atoms with E-state index in [0.717, 1.165) is 37.9 Å². The number of aliphatic imine (C=N–C) groups is 1. The van der Waals surface area contributed by atoms with Crippen molar-refractivity contribution in [2.75, 3.05) is 45.8 Å². The fraction of sp³-hybridized carbons (Fsp3) is 0.241. The Bertz CT molecular complexity index is 1310. The first-order valence-corrected chi connectivity index (χ1v) is 12.6. The minimum atomic E-state index is -0.0881. The standard InChI is InChI=1S/C29H29N3O3S/c1-30-29(33)26-8-3-4-9-28(26)36-24-11-12-25-22(19-24)20-32-27(25)13-10-21-6-5-7-23(18-21)31-14-15-35-17-16-34-2/h3-9,11-12,18-19,31H,14-17,20H2,1-2H3,(H,30,33). The molecule has 0 fully saturated rings. The van der Waals surface area contributed by atoms with Gasteiger partial charge >= 0.3 is 0 Å². The highest BCUT2D eigenvalue weighted by Gasteiger charge is 2.16. The van der Waals surface area contributed by atoms with Crippen molar-refractivity contribution in [1.29, 1.82) is 0 Å². The summed E-state index contributed by atoms with van der Waals surface area (Å²) in [7, 11) is 3.31. The maximum Gasteiger partial charge on any atom is 0.252 e. The second-order valence-corrected chi connectivity index (χ2v) is 9.14. The molecule has 0 radical (unpaired) electrons. The molecule has 3 aromatic carbocycles. The van der Waals surface area contributed by atoms with E-state index >= 15 is 0 Å². The molecule has 184 valence electrons. The number of hydrogen-bond acceptors (Lipinski definition) is 6. The fourth-order valence-electron chi connectivity index (χ4n) is 3.71. The summed E-state index contributed by atoms with van der Waals surface area (Å²) >= 11 is 1.58. The number of hydrogen-bond donors (Lipinski definition) is 2. The van der Waals surface area contributed by atoms with Crippen molar-refractivity contribution in [3.8, 4) is 11.8 Å². The van der Waals surface area contributed by atoms with E-state index in [1.807, 2.05) is 48.5 Å². The lowest BCUT2D eigenvalue weighted by Gasteiger charge is -2.09. The molecule has 4 rings (SSSR count). The van der Waals surface area contributed by atoms with Gasteiger partial charge < -0.3 is 20.1 Å². The second kappa shape index (κ2) is 12.9. The van der Waals surface area contributed by atoms with E-state index in [1.54, 1.807) is 25.9 Å². The molecule has 0 spiro atoms. The maximum atomic E-state index is 12.2. The minimum Gasteiger partial charge on any atom is -0.383 e. The van der Waals surface area contributed by atoms with Crippen molar-refractivity contribution in [2.24, 2.45) is 4.99 Å². The van der Waals surface area contributed by atoms with E-state index in [1.165, 1.54) is 0 Å². The van der Waals surface area contributed by atoms with Crippen LogP contribution in [-0.2, 0) is 16.0 Å². The number of rotatable bonds is 10. The molecule has 6 nitrogen and oxygen atoms in total. The van der Waals surface area contributed by atoms with Gasteiger partial charge in [-0.2, -0.15) is 0 Å². The van der Waals surface area contributed by atoms with Crippen molar-refractivity contribution in [3.05, 3.63) is 89.0 Å². The normalized spacial score (nSPS) is 11.8. The van der Waals surface area contributed by atoms with Crippen LogP contribution >= 0.6 is 11.8 Å². The first kappa shape index (κ1) is 25.5. The molecule has 3 aromatic rings. The lowest BCUT2D eigenvalue weighted by atomic mass is 10.1. The molecule has 0 bridgehead atoms. The number of nitrogens with one attached hydrogen (secondary N) is 2. The summed E-state index contributed by atoms with van der Waals surface area (Å²) in [6, 6.07) is 21.9. The number of benzene rings is 3. The summed E-state index contributed by atoms with van der Waals surface area (Å²) in [5.41, 5.74) is 5.61. The molecular weight excluding hydrogens is 470 g/mol. The molecule has 0 saturated heterocycles. The van der Waals surface area contributed by atoms with Gasteiger partial charge in [0.05, 0.1) is 31.9 Å². The van der Waals surface area contributed by atoms with Crippen molar-refractivity contribution in [2.45, 2.75) is 16.3 Å². The van der Waals surface area contributed by atoms with Crippen LogP contribution in [0.5, 0.6) is 0 Å². The predicted octanol–water partition coefficient (Wildman–Crippen LogP) is 4.63. The monoisotopic (exact) mass is 499 g/mol. The summed E-state index contributed by atoms with van der Waals surface area (Å²) in [6.45, 7) is 3.13. The van der Waals surface area contributed by atoms with E-state index in [-0.39, 0.29) is 5.91 Å². The van der Waals surface area contributed by atoms with Crippen molar-refractivity contribution >= 4 is 29.1 Å². The Kier molecular flexibility index (Phi) is 9.17. The molecule has 0 aliphatic carbocycles. The molecule has 7 heteroatoms. The van der Waals surface area contributed by atoms with Gasteiger partial charge in [-0.15, -0.1) is 0 Å². The molecule has 1 amide bonds. The van der Waals surface area contributed by atoms with Gasteiger partial charge in [0.25, 0.3) is 5.91 Å². The van der Waals surface area contributed by atoms with Gasteiger partial charge in [-0.1, -0.05) is 41.9 Å². The Hall–Kier alpha value is -3.57. The van der Waals surface area contributed by atoms with Crippen LogP contribution in [0.2, 0.25) is 0 Å². The Morgan fingerprint density at radius 3 is 2.78 bits per heavy atom. The van der Waals surface area contributed by atoms with E-state index < -0.39 is 0 Å². The number of nitrogens with zero attached hydrogens (tertiary/aromatic N) is 1. The third kappa shape index (κ3) is 6.76. The zero-order chi connectivity index (χ0) is 25.2. The number of ether oxygens (including phenoxy) is 2. The summed E-state index contributed by atoms with van der Waals surface area (Å²) in [5, 5.41) is 6.06. The van der Waals surface area contributed by atoms with Crippen LogP contribution in [0, 0.1) is 11.8 Å². The van der Waals surface area contributed by atoms with Crippen molar-refractivity contribution in [3.63, 3.8) is 0 Å². The second-order valence-electron chi connectivity index (χ2n) is 8.02. The van der Waals surface area contributed by atoms with Crippen LogP contribution in [0.3, 0.4) is 0 Å². The predicted molar refractivity (Wildman–Crippen MR) is 145 cm³/mol. The van der Waals surface area contributed by atoms with E-state index in [2.05, 4.69) is 45.7 Å². The highest BCUT2D eigenvalue weighted by Crippen LogP contribution is 2.33. The lowest BCUT2D eigenvalue weighted by Crippen LogP contribution is -2.18. The summed E-state index contributed by atoms with van der Waals surface area (Å²) in [4.78, 5) is 18.8. The van der Waals surface area contributed by atoms with Crippen LogP contribution in [0.1, 0.15) is 27.0 Å². The molecule has 36 heavy (non-hydrogen) atoms. The van der Waals surface area contributed by atoms with Gasteiger partial charge in [0, 0.05) is 47.3 Å². The van der Waals surface area contributed by atoms with Crippen LogP contribution in [0.4, 0.5) is 5.69 Å². The van der Waals surface area contributed by atoms with Gasteiger partial charge in [-0.3, -0.25) is 9.79 Å². The van der Waals surface area contributed by atoms with Gasteiger partial charge in [0.2, 0.25) is 0 Å². The fourth-order valence-corrected chi connectivity index (χ4v) is 4.72. The van der Waals surface area contributed by atoms with E-state index in [0.29, 0.717) is 38.5 Å². The molecule has 2 N–H and O–H groups in total. The van der Waals surface area contributed by atoms with Gasteiger partial charge in [0.15, 0.2) is 0 Å². The van der Waals surface area contributed by atoms with Crippen molar-refractivity contribution < 1.29 is 14.3 Å². The number of fused-ring (bicyclic) bond motifs is 1. The van der Waals surface area contributed by atoms with Crippen LogP contribution in [0.25, 0.3) is 0 Å². The largest absolute Gasteiger partial charge is 0.383 e. The quantitative estimate of drug-likeness (QED) is 0.315. The SMILES string of the molecule is CNC(=O)c1ccccc1Sc1ccc2c(c1)CN=C2C#Cc1cccc(NCCOCCOC)c1. The molecule has 0 aromatic heterocycles. The number of carbonyl (C=O) groups is 1. The Labute approximate surface area is 216 Å². The molecular formula is C29H29N3O3S. The first-order valence-electron chi connectivity index (χ1n) is 11.8. The smallest absolute Gasteiger partial charge is 0.252 e. The topological polar surface area (TPSA) is 72.0 Å². The van der Waals surface area contributed by atoms with Crippen LogP contribution < -0.4 is 10.6 Å².